The summed E-state index contributed by atoms with van der Waals surface area (Å²) < 4.78 is 5.80. The number of hydrogen-bond acceptors (Lipinski definition) is 4. The number of carbonyl (C=O) groups is 2. The summed E-state index contributed by atoms with van der Waals surface area (Å²) in [6.45, 7) is 3.60. The highest BCUT2D eigenvalue weighted by Gasteiger charge is 2.38. The van der Waals surface area contributed by atoms with Crippen LogP contribution in [0.25, 0.3) is 10.9 Å². The lowest BCUT2D eigenvalue weighted by atomic mass is 9.88. The third-order valence-corrected chi connectivity index (χ3v) is 7.27. The van der Waals surface area contributed by atoms with Crippen molar-refractivity contribution in [3.05, 3.63) is 71.9 Å². The Bertz CT molecular complexity index is 1160. The van der Waals surface area contributed by atoms with Gasteiger partial charge in [0, 0.05) is 23.5 Å². The van der Waals surface area contributed by atoms with Crippen LogP contribution in [0.3, 0.4) is 0 Å². The average molecular weight is 492 g/mol. The summed E-state index contributed by atoms with van der Waals surface area (Å²) in [5.41, 5.74) is 1.60. The Morgan fingerprint density at radius 2 is 1.83 bits per heavy atom. The Kier molecular flexibility index (Phi) is 8.31. The number of H-pyrrole nitrogens is 1. The highest BCUT2D eigenvalue weighted by molar-refractivity contribution is 5.91. The largest absolute Gasteiger partial charge is 0.446 e. The van der Waals surface area contributed by atoms with Gasteiger partial charge in [0.15, 0.2) is 0 Å². The Hall–Kier alpha value is -3.32. The van der Waals surface area contributed by atoms with Crippen molar-refractivity contribution >= 4 is 22.9 Å². The van der Waals surface area contributed by atoms with E-state index in [1.807, 2.05) is 60.8 Å². The molecule has 2 amide bonds. The molecule has 192 valence electrons. The van der Waals surface area contributed by atoms with E-state index in [0.29, 0.717) is 12.3 Å². The quantitative estimate of drug-likeness (QED) is 0.354. The molecule has 0 aliphatic heterocycles. The van der Waals surface area contributed by atoms with Gasteiger partial charge in [-0.25, -0.2) is 4.79 Å². The third-order valence-electron chi connectivity index (χ3n) is 7.27. The summed E-state index contributed by atoms with van der Waals surface area (Å²) in [5.74, 6) is -0.0701. The Labute approximate surface area is 212 Å². The first-order valence-electron chi connectivity index (χ1n) is 12.9. The number of hydrogen-bond donors (Lipinski definition) is 4. The average Bonchev–Trinajstić information content (AvgIpc) is 3.28. The molecule has 7 nitrogen and oxygen atoms in total. The minimum absolute atomic E-state index is 0.151. The predicted molar refractivity (Wildman–Crippen MR) is 141 cm³/mol. The highest BCUT2D eigenvalue weighted by Crippen LogP contribution is 2.27. The minimum atomic E-state index is -1.29. The number of aromatic nitrogens is 1. The lowest BCUT2D eigenvalue weighted by Gasteiger charge is -2.33. The first kappa shape index (κ1) is 25.8. The molecule has 0 bridgehead atoms. The highest BCUT2D eigenvalue weighted by atomic mass is 16.6. The maximum atomic E-state index is 13.7. The number of carbonyl (C=O) groups excluding carboxylic acids is 2. The molecule has 1 aliphatic rings. The van der Waals surface area contributed by atoms with Crippen LogP contribution in [0.5, 0.6) is 0 Å². The second-order valence-corrected chi connectivity index (χ2v) is 10.2. The molecular formula is C29H37N3O4. The second-order valence-electron chi connectivity index (χ2n) is 10.2. The Balaban J connectivity index is 1.54. The van der Waals surface area contributed by atoms with Crippen LogP contribution in [0.2, 0.25) is 0 Å². The van der Waals surface area contributed by atoms with Gasteiger partial charge >= 0.3 is 6.09 Å². The van der Waals surface area contributed by atoms with Crippen LogP contribution >= 0.6 is 0 Å². The maximum Gasteiger partial charge on any atom is 0.408 e. The summed E-state index contributed by atoms with van der Waals surface area (Å²) in [6.07, 6.45) is 5.93. The molecule has 3 aromatic rings. The number of aromatic amines is 1. The smallest absolute Gasteiger partial charge is 0.408 e. The third kappa shape index (κ3) is 6.26. The number of alkyl carbamates (subject to hydrolysis) is 1. The molecule has 4 rings (SSSR count). The molecule has 7 heteroatoms. The fourth-order valence-electron chi connectivity index (χ4n) is 5.09. The molecule has 1 saturated carbocycles. The number of para-hydroxylation sites is 1. The van der Waals surface area contributed by atoms with E-state index < -0.39 is 17.7 Å². The van der Waals surface area contributed by atoms with Crippen molar-refractivity contribution in [2.24, 2.45) is 5.92 Å². The van der Waals surface area contributed by atoms with Gasteiger partial charge in [0.1, 0.15) is 11.6 Å². The minimum Gasteiger partial charge on any atom is -0.446 e. The van der Waals surface area contributed by atoms with Crippen molar-refractivity contribution < 1.29 is 19.4 Å². The zero-order valence-electron chi connectivity index (χ0n) is 21.1. The molecule has 1 aromatic heterocycles. The van der Waals surface area contributed by atoms with Crippen molar-refractivity contribution in [3.8, 4) is 0 Å². The lowest BCUT2D eigenvalue weighted by molar-refractivity contribution is -0.128. The molecule has 2 aromatic carbocycles. The maximum absolute atomic E-state index is 13.7. The van der Waals surface area contributed by atoms with E-state index in [-0.39, 0.29) is 25.0 Å². The zero-order chi connectivity index (χ0) is 25.5. The van der Waals surface area contributed by atoms with Gasteiger partial charge in [-0.2, -0.15) is 0 Å². The number of ether oxygens (including phenoxy) is 1. The van der Waals surface area contributed by atoms with Crippen molar-refractivity contribution in [1.82, 2.24) is 15.6 Å². The summed E-state index contributed by atoms with van der Waals surface area (Å²) in [4.78, 5) is 30.0. The first-order chi connectivity index (χ1) is 17.4. The standard InChI is InChI=1S/C29H37N3O4/c1-20-10-6-9-15-26(20)36-28(35)32-29(2,17-22-18-30-25-14-8-7-13-24(22)25)27(34)31-23(19-33)16-21-11-4-3-5-12-21/h3-5,7-8,11-14,18,20,23,26,30,33H,6,9-10,15-17,19H2,1-2H3,(H,31,34)(H,32,35)/t20-,23?,26+,29-/m1/s1. The van der Waals surface area contributed by atoms with Gasteiger partial charge in [0.2, 0.25) is 5.91 Å². The van der Waals surface area contributed by atoms with E-state index in [0.717, 1.165) is 47.7 Å². The lowest BCUT2D eigenvalue weighted by Crippen LogP contribution is -2.60. The molecular weight excluding hydrogens is 454 g/mol. The Morgan fingerprint density at radius 1 is 1.11 bits per heavy atom. The molecule has 4 N–H and O–H groups in total. The van der Waals surface area contributed by atoms with E-state index in [4.69, 9.17) is 4.74 Å². The van der Waals surface area contributed by atoms with Crippen molar-refractivity contribution in [3.63, 3.8) is 0 Å². The van der Waals surface area contributed by atoms with Gasteiger partial charge < -0.3 is 25.5 Å². The van der Waals surface area contributed by atoms with E-state index in [9.17, 15) is 14.7 Å². The van der Waals surface area contributed by atoms with Crippen LogP contribution < -0.4 is 10.6 Å². The molecule has 1 heterocycles. The number of benzene rings is 2. The number of fused-ring (bicyclic) bond motifs is 1. The summed E-state index contributed by atoms with van der Waals surface area (Å²) in [6, 6.07) is 17.1. The van der Waals surface area contributed by atoms with Crippen LogP contribution in [-0.4, -0.2) is 46.4 Å². The molecule has 0 spiro atoms. The number of nitrogens with one attached hydrogen (secondary N) is 3. The fraction of sp³-hybridized carbons (Fsp3) is 0.448. The zero-order valence-corrected chi connectivity index (χ0v) is 21.1. The normalized spacial score (nSPS) is 20.3. The van der Waals surface area contributed by atoms with Crippen LogP contribution in [0.4, 0.5) is 4.79 Å². The summed E-state index contributed by atoms with van der Waals surface area (Å²) >= 11 is 0. The van der Waals surface area contributed by atoms with Crippen molar-refractivity contribution in [1.29, 1.82) is 0 Å². The van der Waals surface area contributed by atoms with Gasteiger partial charge in [-0.05, 0) is 55.7 Å². The van der Waals surface area contributed by atoms with Gasteiger partial charge in [-0.15, -0.1) is 0 Å². The van der Waals surface area contributed by atoms with E-state index >= 15 is 0 Å². The number of rotatable bonds is 9. The predicted octanol–water partition coefficient (Wildman–Crippen LogP) is 4.49. The molecule has 0 radical (unpaired) electrons. The van der Waals surface area contributed by atoms with Crippen molar-refractivity contribution in [2.75, 3.05) is 6.61 Å². The van der Waals surface area contributed by atoms with Gasteiger partial charge in [0.25, 0.3) is 0 Å². The van der Waals surface area contributed by atoms with Crippen LogP contribution in [0.15, 0.2) is 60.8 Å². The topological polar surface area (TPSA) is 103 Å². The monoisotopic (exact) mass is 491 g/mol. The molecule has 4 atom stereocenters. The van der Waals surface area contributed by atoms with Crippen molar-refractivity contribution in [2.45, 2.75) is 70.1 Å². The Morgan fingerprint density at radius 3 is 2.58 bits per heavy atom. The summed E-state index contributed by atoms with van der Waals surface area (Å²) in [5, 5.41) is 16.8. The van der Waals surface area contributed by atoms with Crippen LogP contribution in [-0.2, 0) is 22.4 Å². The van der Waals surface area contributed by atoms with Crippen LogP contribution in [0.1, 0.15) is 50.7 Å². The summed E-state index contributed by atoms with van der Waals surface area (Å²) in [7, 11) is 0. The van der Waals surface area contributed by atoms with Gasteiger partial charge in [-0.1, -0.05) is 61.9 Å². The molecule has 1 fully saturated rings. The molecule has 1 unspecified atom stereocenters. The number of amides is 2. The second kappa shape index (κ2) is 11.6. The molecule has 36 heavy (non-hydrogen) atoms. The van der Waals surface area contributed by atoms with Gasteiger partial charge in [0.05, 0.1) is 12.6 Å². The number of aliphatic hydroxyl groups is 1. The number of aliphatic hydroxyl groups excluding tert-OH is 1. The fourth-order valence-corrected chi connectivity index (χ4v) is 5.09. The van der Waals surface area contributed by atoms with Crippen LogP contribution in [0, 0.1) is 5.92 Å². The van der Waals surface area contributed by atoms with E-state index in [2.05, 4.69) is 22.5 Å². The SMILES string of the molecule is C[C@@H]1CCCC[C@@H]1OC(=O)N[C@](C)(Cc1c[nH]c2ccccc12)C(=O)NC(CO)Cc1ccccc1. The first-order valence-corrected chi connectivity index (χ1v) is 12.9. The molecule has 1 aliphatic carbocycles. The van der Waals surface area contributed by atoms with E-state index in [1.165, 1.54) is 0 Å². The van der Waals surface area contributed by atoms with Gasteiger partial charge in [-0.3, -0.25) is 4.79 Å². The molecule has 0 saturated heterocycles. The van der Waals surface area contributed by atoms with E-state index in [1.54, 1.807) is 6.92 Å².